The van der Waals surface area contributed by atoms with Gasteiger partial charge in [0.25, 0.3) is 0 Å². The van der Waals surface area contributed by atoms with Crippen LogP contribution in [0.4, 0.5) is 0 Å². The first-order valence-electron chi connectivity index (χ1n) is 4.28. The van der Waals surface area contributed by atoms with E-state index in [1.54, 1.807) is 4.90 Å². The summed E-state index contributed by atoms with van der Waals surface area (Å²) >= 11 is 0. The second-order valence-electron chi connectivity index (χ2n) is 3.10. The molecule has 76 valence electrons. The Bertz CT molecular complexity index is 202. The molecule has 0 aromatic carbocycles. The predicted molar refractivity (Wildman–Crippen MR) is 50.5 cm³/mol. The van der Waals surface area contributed by atoms with Gasteiger partial charge in [-0.25, -0.2) is 0 Å². The Hall–Kier alpha value is -1.26. The van der Waals surface area contributed by atoms with Gasteiger partial charge in [-0.2, -0.15) is 0 Å². The van der Waals surface area contributed by atoms with E-state index >= 15 is 0 Å². The molecule has 0 aromatic heterocycles. The summed E-state index contributed by atoms with van der Waals surface area (Å²) in [5, 5.41) is 11.1. The summed E-state index contributed by atoms with van der Waals surface area (Å²) < 4.78 is 0. The van der Waals surface area contributed by atoms with Crippen LogP contribution in [-0.2, 0) is 4.79 Å². The zero-order chi connectivity index (χ0) is 10.4. The fourth-order valence-electron chi connectivity index (χ4n) is 0.938. The van der Waals surface area contributed by atoms with Gasteiger partial charge < -0.3 is 15.8 Å². The van der Waals surface area contributed by atoms with Gasteiger partial charge in [-0.15, -0.1) is 0 Å². The van der Waals surface area contributed by atoms with Gasteiger partial charge in [0.2, 0.25) is 5.91 Å². The number of oxime groups is 1. The van der Waals surface area contributed by atoms with Gasteiger partial charge in [-0.1, -0.05) is 19.0 Å². The molecule has 0 fully saturated rings. The molecular formula is C8H17N3O2. The minimum Gasteiger partial charge on any atom is -0.409 e. The Kier molecular flexibility index (Phi) is 4.87. The average molecular weight is 187 g/mol. The van der Waals surface area contributed by atoms with Gasteiger partial charge in [0.15, 0.2) is 5.84 Å². The molecule has 0 rings (SSSR count). The van der Waals surface area contributed by atoms with Crippen LogP contribution in [0.15, 0.2) is 5.16 Å². The molecule has 0 saturated carbocycles. The Labute approximate surface area is 78.2 Å². The summed E-state index contributed by atoms with van der Waals surface area (Å²) in [5.41, 5.74) is 5.29. The van der Waals surface area contributed by atoms with Crippen molar-refractivity contribution >= 4 is 11.7 Å². The van der Waals surface area contributed by atoms with Crippen molar-refractivity contribution < 1.29 is 10.0 Å². The van der Waals surface area contributed by atoms with Crippen molar-refractivity contribution in [2.75, 3.05) is 13.1 Å². The molecule has 0 saturated heterocycles. The molecular weight excluding hydrogens is 170 g/mol. The number of rotatable bonds is 4. The highest BCUT2D eigenvalue weighted by molar-refractivity contribution is 5.87. The van der Waals surface area contributed by atoms with E-state index in [0.717, 1.165) is 0 Å². The Balaban J connectivity index is 4.26. The second kappa shape index (κ2) is 5.40. The van der Waals surface area contributed by atoms with Gasteiger partial charge >= 0.3 is 0 Å². The third kappa shape index (κ3) is 3.78. The lowest BCUT2D eigenvalue weighted by Gasteiger charge is -2.21. The first-order chi connectivity index (χ1) is 6.02. The van der Waals surface area contributed by atoms with Crippen LogP contribution >= 0.6 is 0 Å². The number of amidine groups is 1. The summed E-state index contributed by atoms with van der Waals surface area (Å²) in [6.07, 6.45) is 0. The molecule has 0 bridgehead atoms. The average Bonchev–Trinajstić information content (AvgIpc) is 2.12. The summed E-state index contributed by atoms with van der Waals surface area (Å²) in [7, 11) is 0. The Morgan fingerprint density at radius 3 is 2.46 bits per heavy atom. The zero-order valence-electron chi connectivity index (χ0n) is 8.32. The van der Waals surface area contributed by atoms with Crippen LogP contribution in [0.5, 0.6) is 0 Å². The number of amides is 1. The number of likely N-dealkylation sites (N-methyl/N-ethyl adjacent to an activating group) is 1. The lowest BCUT2D eigenvalue weighted by Crippen LogP contribution is -2.40. The van der Waals surface area contributed by atoms with Crippen molar-refractivity contribution in [1.29, 1.82) is 0 Å². The standard InChI is InChI=1S/C8H17N3O2/c1-4-11(5-7(9)10-13)8(12)6(2)3/h6,13H,4-5H2,1-3H3,(H2,9,10). The first kappa shape index (κ1) is 11.7. The topological polar surface area (TPSA) is 78.9 Å². The minimum atomic E-state index is -0.0635. The van der Waals surface area contributed by atoms with Crippen molar-refractivity contribution in [2.45, 2.75) is 20.8 Å². The van der Waals surface area contributed by atoms with Gasteiger partial charge in [0, 0.05) is 12.5 Å². The van der Waals surface area contributed by atoms with Crippen LogP contribution < -0.4 is 5.73 Å². The first-order valence-corrected chi connectivity index (χ1v) is 4.28. The summed E-state index contributed by atoms with van der Waals surface area (Å²) in [6.45, 7) is 6.23. The number of nitrogens with two attached hydrogens (primary N) is 1. The number of hydrogen-bond acceptors (Lipinski definition) is 3. The molecule has 0 aliphatic carbocycles. The maximum atomic E-state index is 11.5. The van der Waals surface area contributed by atoms with Crippen molar-refractivity contribution in [2.24, 2.45) is 16.8 Å². The van der Waals surface area contributed by atoms with E-state index in [0.29, 0.717) is 6.54 Å². The monoisotopic (exact) mass is 187 g/mol. The van der Waals surface area contributed by atoms with Crippen molar-refractivity contribution in [3.05, 3.63) is 0 Å². The largest absolute Gasteiger partial charge is 0.409 e. The maximum absolute atomic E-state index is 11.5. The van der Waals surface area contributed by atoms with E-state index in [4.69, 9.17) is 10.9 Å². The van der Waals surface area contributed by atoms with Gasteiger partial charge in [-0.3, -0.25) is 4.79 Å². The molecule has 0 atom stereocenters. The highest BCUT2D eigenvalue weighted by atomic mass is 16.4. The summed E-state index contributed by atoms with van der Waals surface area (Å²) in [4.78, 5) is 13.0. The van der Waals surface area contributed by atoms with Crippen LogP contribution in [0.25, 0.3) is 0 Å². The highest BCUT2D eigenvalue weighted by Gasteiger charge is 2.16. The van der Waals surface area contributed by atoms with Gasteiger partial charge in [0.1, 0.15) is 0 Å². The molecule has 0 heterocycles. The molecule has 0 aliphatic heterocycles. The van der Waals surface area contributed by atoms with E-state index in [-0.39, 0.29) is 24.2 Å². The maximum Gasteiger partial charge on any atom is 0.225 e. The quantitative estimate of drug-likeness (QED) is 0.286. The molecule has 5 nitrogen and oxygen atoms in total. The Morgan fingerprint density at radius 1 is 1.62 bits per heavy atom. The third-order valence-corrected chi connectivity index (χ3v) is 1.67. The van der Waals surface area contributed by atoms with Crippen molar-refractivity contribution in [1.82, 2.24) is 4.90 Å². The van der Waals surface area contributed by atoms with E-state index in [2.05, 4.69) is 5.16 Å². The third-order valence-electron chi connectivity index (χ3n) is 1.67. The highest BCUT2D eigenvalue weighted by Crippen LogP contribution is 2.00. The summed E-state index contributed by atoms with van der Waals surface area (Å²) in [5.74, 6) is -0.00334. The molecule has 13 heavy (non-hydrogen) atoms. The molecule has 0 radical (unpaired) electrons. The van der Waals surface area contributed by atoms with Crippen LogP contribution in [0, 0.1) is 5.92 Å². The molecule has 5 heteroatoms. The number of carbonyl (C=O) groups excluding carboxylic acids is 1. The molecule has 0 spiro atoms. The molecule has 0 unspecified atom stereocenters. The van der Waals surface area contributed by atoms with E-state index in [9.17, 15) is 4.79 Å². The van der Waals surface area contributed by atoms with E-state index in [1.807, 2.05) is 20.8 Å². The lowest BCUT2D eigenvalue weighted by atomic mass is 10.2. The van der Waals surface area contributed by atoms with Crippen molar-refractivity contribution in [3.63, 3.8) is 0 Å². The molecule has 3 N–H and O–H groups in total. The fourth-order valence-corrected chi connectivity index (χ4v) is 0.938. The fraction of sp³-hybridized carbons (Fsp3) is 0.750. The molecule has 0 aliphatic rings. The number of carbonyl (C=O) groups is 1. The van der Waals surface area contributed by atoms with Gasteiger partial charge in [-0.05, 0) is 6.92 Å². The molecule has 0 aromatic rings. The SMILES string of the molecule is CCN(C/C(N)=N/O)C(=O)C(C)C. The van der Waals surface area contributed by atoms with Crippen LogP contribution in [0.3, 0.4) is 0 Å². The summed E-state index contributed by atoms with van der Waals surface area (Å²) in [6, 6.07) is 0. The normalized spacial score (nSPS) is 11.8. The lowest BCUT2D eigenvalue weighted by molar-refractivity contribution is -0.133. The molecule has 1 amide bonds. The zero-order valence-corrected chi connectivity index (χ0v) is 8.32. The smallest absolute Gasteiger partial charge is 0.225 e. The van der Waals surface area contributed by atoms with Crippen LogP contribution in [0.2, 0.25) is 0 Å². The minimum absolute atomic E-state index is 0.00843. The van der Waals surface area contributed by atoms with E-state index < -0.39 is 0 Å². The Morgan fingerprint density at radius 2 is 2.15 bits per heavy atom. The van der Waals surface area contributed by atoms with Crippen LogP contribution in [-0.4, -0.2) is 34.9 Å². The number of nitrogens with zero attached hydrogens (tertiary/aromatic N) is 2. The predicted octanol–water partition coefficient (Wildman–Crippen LogP) is 0.237. The number of hydrogen-bond donors (Lipinski definition) is 2. The van der Waals surface area contributed by atoms with E-state index in [1.165, 1.54) is 0 Å². The van der Waals surface area contributed by atoms with Crippen LogP contribution in [0.1, 0.15) is 20.8 Å². The second-order valence-corrected chi connectivity index (χ2v) is 3.10. The van der Waals surface area contributed by atoms with Gasteiger partial charge in [0.05, 0.1) is 6.54 Å². The van der Waals surface area contributed by atoms with Crippen molar-refractivity contribution in [3.8, 4) is 0 Å².